The van der Waals surface area contributed by atoms with Gasteiger partial charge in [0.2, 0.25) is 0 Å². The summed E-state index contributed by atoms with van der Waals surface area (Å²) in [5.74, 6) is -1.21. The largest absolute Gasteiger partial charge is 0.478 e. The van der Waals surface area contributed by atoms with E-state index in [0.29, 0.717) is 24.2 Å². The van der Waals surface area contributed by atoms with E-state index < -0.39 is 5.97 Å². The van der Waals surface area contributed by atoms with E-state index in [2.05, 4.69) is 5.32 Å². The van der Waals surface area contributed by atoms with Crippen LogP contribution in [0.1, 0.15) is 21.5 Å². The SMILES string of the molecule is Cc1ccc(NCCc2ccccc2F)c(C(=O)O)c1. The van der Waals surface area contributed by atoms with Gasteiger partial charge in [-0.15, -0.1) is 0 Å². The van der Waals surface area contributed by atoms with Crippen molar-refractivity contribution in [1.82, 2.24) is 0 Å². The number of benzene rings is 2. The number of hydrogen-bond acceptors (Lipinski definition) is 2. The summed E-state index contributed by atoms with van der Waals surface area (Å²) in [6, 6.07) is 11.8. The minimum atomic E-state index is -0.970. The first-order valence-corrected chi connectivity index (χ1v) is 6.39. The van der Waals surface area contributed by atoms with Crippen LogP contribution in [-0.4, -0.2) is 17.6 Å². The Morgan fingerprint density at radius 1 is 1.25 bits per heavy atom. The Balaban J connectivity index is 2.05. The van der Waals surface area contributed by atoms with Gasteiger partial charge in [0, 0.05) is 12.2 Å². The van der Waals surface area contributed by atoms with Gasteiger partial charge in [0.05, 0.1) is 5.56 Å². The van der Waals surface area contributed by atoms with Crippen LogP contribution in [0.15, 0.2) is 42.5 Å². The molecule has 0 heterocycles. The molecule has 2 aromatic rings. The smallest absolute Gasteiger partial charge is 0.337 e. The van der Waals surface area contributed by atoms with Crippen molar-refractivity contribution in [2.75, 3.05) is 11.9 Å². The fraction of sp³-hybridized carbons (Fsp3) is 0.188. The van der Waals surface area contributed by atoms with Gasteiger partial charge in [-0.05, 0) is 37.1 Å². The van der Waals surface area contributed by atoms with E-state index in [1.807, 2.05) is 13.0 Å². The number of carboxylic acid groups (broad SMARTS) is 1. The van der Waals surface area contributed by atoms with E-state index in [9.17, 15) is 9.18 Å². The van der Waals surface area contributed by atoms with E-state index in [-0.39, 0.29) is 11.4 Å². The van der Waals surface area contributed by atoms with Crippen LogP contribution >= 0.6 is 0 Å². The third-order valence-electron chi connectivity index (χ3n) is 3.07. The molecule has 20 heavy (non-hydrogen) atoms. The molecule has 3 nitrogen and oxygen atoms in total. The molecule has 2 aromatic carbocycles. The standard InChI is InChI=1S/C16H16FNO2/c1-11-6-7-15(13(10-11)16(19)20)18-9-8-12-4-2-3-5-14(12)17/h2-7,10,18H,8-9H2,1H3,(H,19,20). The molecule has 0 aliphatic heterocycles. The molecule has 0 bridgehead atoms. The second-order valence-electron chi connectivity index (χ2n) is 4.62. The summed E-state index contributed by atoms with van der Waals surface area (Å²) in [5.41, 5.74) is 2.30. The van der Waals surface area contributed by atoms with Crippen molar-refractivity contribution in [3.8, 4) is 0 Å². The lowest BCUT2D eigenvalue weighted by atomic mass is 10.1. The lowest BCUT2D eigenvalue weighted by Gasteiger charge is -2.10. The number of hydrogen-bond donors (Lipinski definition) is 2. The number of anilines is 1. The summed E-state index contributed by atoms with van der Waals surface area (Å²) in [6.07, 6.45) is 0.500. The third-order valence-corrected chi connectivity index (χ3v) is 3.07. The number of rotatable bonds is 5. The zero-order chi connectivity index (χ0) is 14.5. The highest BCUT2D eigenvalue weighted by Crippen LogP contribution is 2.17. The molecule has 0 aromatic heterocycles. The zero-order valence-corrected chi connectivity index (χ0v) is 11.2. The van der Waals surface area contributed by atoms with Crippen molar-refractivity contribution in [2.45, 2.75) is 13.3 Å². The van der Waals surface area contributed by atoms with Crippen LogP contribution in [0, 0.1) is 12.7 Å². The van der Waals surface area contributed by atoms with E-state index in [4.69, 9.17) is 5.11 Å². The molecule has 104 valence electrons. The topological polar surface area (TPSA) is 49.3 Å². The Morgan fingerprint density at radius 2 is 2.00 bits per heavy atom. The summed E-state index contributed by atoms with van der Waals surface area (Å²) in [7, 11) is 0. The van der Waals surface area contributed by atoms with Crippen molar-refractivity contribution in [3.63, 3.8) is 0 Å². The molecule has 0 radical (unpaired) electrons. The van der Waals surface area contributed by atoms with Gasteiger partial charge in [0.1, 0.15) is 5.82 Å². The van der Waals surface area contributed by atoms with Crippen LogP contribution in [0.2, 0.25) is 0 Å². The predicted molar refractivity (Wildman–Crippen MR) is 76.7 cm³/mol. The number of carboxylic acids is 1. The van der Waals surface area contributed by atoms with E-state index in [1.165, 1.54) is 6.07 Å². The Hall–Kier alpha value is -2.36. The molecule has 0 amide bonds. The quantitative estimate of drug-likeness (QED) is 0.876. The fourth-order valence-corrected chi connectivity index (χ4v) is 2.02. The maximum Gasteiger partial charge on any atom is 0.337 e. The molecule has 2 rings (SSSR count). The maximum atomic E-state index is 13.5. The average molecular weight is 273 g/mol. The molecule has 0 atom stereocenters. The summed E-state index contributed by atoms with van der Waals surface area (Å²) in [6.45, 7) is 2.32. The van der Waals surface area contributed by atoms with Gasteiger partial charge in [-0.3, -0.25) is 0 Å². The lowest BCUT2D eigenvalue weighted by Crippen LogP contribution is -2.10. The number of aryl methyl sites for hydroxylation is 1. The minimum absolute atomic E-state index is 0.235. The number of carbonyl (C=O) groups is 1. The first-order chi connectivity index (χ1) is 9.58. The lowest BCUT2D eigenvalue weighted by molar-refractivity contribution is 0.0698. The van der Waals surface area contributed by atoms with Gasteiger partial charge in [0.25, 0.3) is 0 Å². The monoisotopic (exact) mass is 273 g/mol. The average Bonchev–Trinajstić information content (AvgIpc) is 2.42. The Morgan fingerprint density at radius 3 is 2.70 bits per heavy atom. The van der Waals surface area contributed by atoms with Crippen molar-refractivity contribution in [2.24, 2.45) is 0 Å². The molecule has 0 spiro atoms. The second kappa shape index (κ2) is 6.19. The van der Waals surface area contributed by atoms with Crippen molar-refractivity contribution >= 4 is 11.7 Å². The summed E-state index contributed by atoms with van der Waals surface area (Å²) >= 11 is 0. The van der Waals surface area contributed by atoms with Gasteiger partial charge in [-0.1, -0.05) is 29.8 Å². The third kappa shape index (κ3) is 3.35. The molecular formula is C16H16FNO2. The molecule has 0 saturated heterocycles. The highest BCUT2D eigenvalue weighted by atomic mass is 19.1. The normalized spacial score (nSPS) is 10.3. The molecule has 0 aliphatic carbocycles. The number of aromatic carboxylic acids is 1. The van der Waals surface area contributed by atoms with E-state index in [1.54, 1.807) is 30.3 Å². The van der Waals surface area contributed by atoms with Crippen LogP contribution in [0.3, 0.4) is 0 Å². The van der Waals surface area contributed by atoms with Gasteiger partial charge in [0.15, 0.2) is 0 Å². The highest BCUT2D eigenvalue weighted by molar-refractivity contribution is 5.94. The van der Waals surface area contributed by atoms with Crippen molar-refractivity contribution in [1.29, 1.82) is 0 Å². The van der Waals surface area contributed by atoms with Crippen LogP contribution < -0.4 is 5.32 Å². The Kier molecular flexibility index (Phi) is 4.35. The highest BCUT2D eigenvalue weighted by Gasteiger charge is 2.10. The van der Waals surface area contributed by atoms with Crippen LogP contribution in [0.25, 0.3) is 0 Å². The van der Waals surface area contributed by atoms with Crippen LogP contribution in [0.5, 0.6) is 0 Å². The summed E-state index contributed by atoms with van der Waals surface area (Å²) in [4.78, 5) is 11.2. The van der Waals surface area contributed by atoms with Gasteiger partial charge < -0.3 is 10.4 Å². The van der Waals surface area contributed by atoms with Crippen molar-refractivity contribution < 1.29 is 14.3 Å². The second-order valence-corrected chi connectivity index (χ2v) is 4.62. The molecular weight excluding hydrogens is 257 g/mol. The maximum absolute atomic E-state index is 13.5. The van der Waals surface area contributed by atoms with Gasteiger partial charge in [-0.25, -0.2) is 9.18 Å². The molecule has 0 aliphatic rings. The molecule has 4 heteroatoms. The minimum Gasteiger partial charge on any atom is -0.478 e. The van der Waals surface area contributed by atoms with Crippen LogP contribution in [-0.2, 0) is 6.42 Å². The molecule has 2 N–H and O–H groups in total. The first-order valence-electron chi connectivity index (χ1n) is 6.39. The number of nitrogens with one attached hydrogen (secondary N) is 1. The Bertz CT molecular complexity index is 626. The predicted octanol–water partition coefficient (Wildman–Crippen LogP) is 3.49. The van der Waals surface area contributed by atoms with Crippen molar-refractivity contribution in [3.05, 3.63) is 65.0 Å². The molecule has 0 fully saturated rings. The first kappa shape index (κ1) is 14.1. The molecule has 0 unspecified atom stereocenters. The van der Waals surface area contributed by atoms with Gasteiger partial charge >= 0.3 is 5.97 Å². The van der Waals surface area contributed by atoms with Gasteiger partial charge in [-0.2, -0.15) is 0 Å². The summed E-state index contributed by atoms with van der Waals surface area (Å²) in [5, 5.41) is 12.2. The van der Waals surface area contributed by atoms with E-state index >= 15 is 0 Å². The fourth-order valence-electron chi connectivity index (χ4n) is 2.02. The van der Waals surface area contributed by atoms with E-state index in [0.717, 1.165) is 5.56 Å². The number of halogens is 1. The Labute approximate surface area is 117 Å². The molecule has 0 saturated carbocycles. The zero-order valence-electron chi connectivity index (χ0n) is 11.2. The van der Waals surface area contributed by atoms with Crippen LogP contribution in [0.4, 0.5) is 10.1 Å². The summed E-state index contributed by atoms with van der Waals surface area (Å²) < 4.78 is 13.5.